The number of aryl methyl sites for hydroxylation is 1. The van der Waals surface area contributed by atoms with E-state index in [2.05, 4.69) is 34.3 Å². The van der Waals surface area contributed by atoms with E-state index < -0.39 is 0 Å². The Morgan fingerprint density at radius 2 is 1.90 bits per heavy atom. The van der Waals surface area contributed by atoms with Crippen molar-refractivity contribution >= 4 is 17.3 Å². The average Bonchev–Trinajstić information content (AvgIpc) is 2.48. The van der Waals surface area contributed by atoms with Crippen LogP contribution in [0.1, 0.15) is 18.3 Å². The van der Waals surface area contributed by atoms with Gasteiger partial charge in [0, 0.05) is 36.0 Å². The van der Waals surface area contributed by atoms with Gasteiger partial charge in [-0.3, -0.25) is 9.88 Å². The van der Waals surface area contributed by atoms with Gasteiger partial charge in [0.2, 0.25) is 0 Å². The summed E-state index contributed by atoms with van der Waals surface area (Å²) in [5.41, 5.74) is 3.30. The van der Waals surface area contributed by atoms with Gasteiger partial charge in [0.25, 0.3) is 0 Å². The van der Waals surface area contributed by atoms with Gasteiger partial charge in [0.1, 0.15) is 0 Å². The Hall–Kier alpha value is -1.58. The lowest BCUT2D eigenvalue weighted by molar-refractivity contribution is 0.287. The molecule has 0 aliphatic heterocycles. The lowest BCUT2D eigenvalue weighted by atomic mass is 10.3. The molecule has 4 heteroatoms. The minimum atomic E-state index is 0.765. The minimum Gasteiger partial charge on any atom is -0.384 e. The number of rotatable bonds is 7. The zero-order valence-corrected chi connectivity index (χ0v) is 13.4. The van der Waals surface area contributed by atoms with Crippen LogP contribution in [0.4, 0.5) is 5.69 Å². The first-order chi connectivity index (χ1) is 10.2. The number of nitrogens with one attached hydrogen (secondary N) is 1. The highest BCUT2D eigenvalue weighted by Crippen LogP contribution is 2.13. The number of aromatic nitrogens is 1. The zero-order chi connectivity index (χ0) is 15.1. The highest BCUT2D eigenvalue weighted by atomic mass is 35.5. The van der Waals surface area contributed by atoms with E-state index >= 15 is 0 Å². The van der Waals surface area contributed by atoms with Crippen LogP contribution < -0.4 is 5.32 Å². The number of likely N-dealkylation sites (N-methyl/N-ethyl adjacent to an activating group) is 1. The summed E-state index contributed by atoms with van der Waals surface area (Å²) in [4.78, 5) is 6.94. The second kappa shape index (κ2) is 8.01. The van der Waals surface area contributed by atoms with Gasteiger partial charge in [0.15, 0.2) is 0 Å². The summed E-state index contributed by atoms with van der Waals surface area (Å²) in [6.45, 7) is 7.99. The molecule has 0 spiro atoms. The van der Waals surface area contributed by atoms with Crippen LogP contribution in [0.5, 0.6) is 0 Å². The molecule has 112 valence electrons. The van der Waals surface area contributed by atoms with Gasteiger partial charge in [-0.05, 0) is 49.9 Å². The van der Waals surface area contributed by atoms with E-state index in [0.717, 1.165) is 48.3 Å². The molecule has 0 bridgehead atoms. The standard InChI is InChI=1S/C17H22ClN3/c1-3-21(13-17-6-4-5-14(2)20-17)12-11-19-16-9-7-15(18)8-10-16/h4-10,19H,3,11-13H2,1-2H3. The fourth-order valence-electron chi connectivity index (χ4n) is 2.19. The maximum Gasteiger partial charge on any atom is 0.0547 e. The van der Waals surface area contributed by atoms with Crippen molar-refractivity contribution in [1.29, 1.82) is 0 Å². The van der Waals surface area contributed by atoms with E-state index in [1.807, 2.05) is 37.3 Å². The highest BCUT2D eigenvalue weighted by Gasteiger charge is 2.04. The SMILES string of the molecule is CCN(CCNc1ccc(Cl)cc1)Cc1cccc(C)n1. The molecule has 0 aliphatic carbocycles. The van der Waals surface area contributed by atoms with Crippen LogP contribution in [-0.4, -0.2) is 29.5 Å². The second-order valence-corrected chi connectivity index (χ2v) is 5.51. The lowest BCUT2D eigenvalue weighted by Gasteiger charge is -2.20. The van der Waals surface area contributed by atoms with E-state index in [1.165, 1.54) is 0 Å². The molecule has 0 saturated heterocycles. The molecule has 2 rings (SSSR count). The van der Waals surface area contributed by atoms with Crippen LogP contribution in [0.3, 0.4) is 0 Å². The van der Waals surface area contributed by atoms with Gasteiger partial charge < -0.3 is 5.32 Å². The summed E-state index contributed by atoms with van der Waals surface area (Å²) in [5, 5.41) is 4.18. The average molecular weight is 304 g/mol. The summed E-state index contributed by atoms with van der Waals surface area (Å²) in [7, 11) is 0. The van der Waals surface area contributed by atoms with Gasteiger partial charge in [-0.25, -0.2) is 0 Å². The molecule has 1 heterocycles. The minimum absolute atomic E-state index is 0.765. The van der Waals surface area contributed by atoms with Gasteiger partial charge in [-0.2, -0.15) is 0 Å². The molecule has 0 amide bonds. The van der Waals surface area contributed by atoms with Crippen molar-refractivity contribution < 1.29 is 0 Å². The molecule has 21 heavy (non-hydrogen) atoms. The second-order valence-electron chi connectivity index (χ2n) is 5.07. The van der Waals surface area contributed by atoms with Crippen molar-refractivity contribution in [3.05, 3.63) is 58.9 Å². The van der Waals surface area contributed by atoms with Crippen molar-refractivity contribution in [3.8, 4) is 0 Å². The Morgan fingerprint density at radius 1 is 1.14 bits per heavy atom. The van der Waals surface area contributed by atoms with Crippen molar-refractivity contribution in [2.45, 2.75) is 20.4 Å². The van der Waals surface area contributed by atoms with Crippen LogP contribution in [0.15, 0.2) is 42.5 Å². The Bertz CT molecular complexity index is 554. The van der Waals surface area contributed by atoms with Gasteiger partial charge in [-0.1, -0.05) is 24.6 Å². The number of pyridine rings is 1. The molecule has 0 fully saturated rings. The Labute approximate surface area is 132 Å². The summed E-state index contributed by atoms with van der Waals surface area (Å²) in [5.74, 6) is 0. The predicted molar refractivity (Wildman–Crippen MR) is 89.9 cm³/mol. The third-order valence-corrected chi connectivity index (χ3v) is 3.63. The first-order valence-electron chi connectivity index (χ1n) is 7.31. The Morgan fingerprint density at radius 3 is 2.57 bits per heavy atom. The number of hydrogen-bond acceptors (Lipinski definition) is 3. The molecule has 0 aliphatic rings. The van der Waals surface area contributed by atoms with Crippen LogP contribution in [-0.2, 0) is 6.54 Å². The molecule has 0 unspecified atom stereocenters. The molecule has 1 aromatic carbocycles. The van der Waals surface area contributed by atoms with Gasteiger partial charge >= 0.3 is 0 Å². The van der Waals surface area contributed by atoms with E-state index in [4.69, 9.17) is 11.6 Å². The lowest BCUT2D eigenvalue weighted by Crippen LogP contribution is -2.29. The number of benzene rings is 1. The third-order valence-electron chi connectivity index (χ3n) is 3.38. The largest absolute Gasteiger partial charge is 0.384 e. The van der Waals surface area contributed by atoms with Crippen molar-refractivity contribution in [2.75, 3.05) is 25.0 Å². The molecule has 0 atom stereocenters. The topological polar surface area (TPSA) is 28.2 Å². The van der Waals surface area contributed by atoms with Crippen molar-refractivity contribution in [1.82, 2.24) is 9.88 Å². The quantitative estimate of drug-likeness (QED) is 0.838. The summed E-state index contributed by atoms with van der Waals surface area (Å²) >= 11 is 5.88. The maximum absolute atomic E-state index is 5.88. The van der Waals surface area contributed by atoms with Gasteiger partial charge in [-0.15, -0.1) is 0 Å². The normalized spacial score (nSPS) is 10.9. The van der Waals surface area contributed by atoms with Gasteiger partial charge in [0.05, 0.1) is 5.69 Å². The first-order valence-corrected chi connectivity index (χ1v) is 7.69. The van der Waals surface area contributed by atoms with E-state index in [9.17, 15) is 0 Å². The fraction of sp³-hybridized carbons (Fsp3) is 0.353. The summed E-state index contributed by atoms with van der Waals surface area (Å²) in [6.07, 6.45) is 0. The Kier molecular flexibility index (Phi) is 6.03. The molecular weight excluding hydrogens is 282 g/mol. The van der Waals surface area contributed by atoms with Crippen LogP contribution in [0.2, 0.25) is 5.02 Å². The summed E-state index contributed by atoms with van der Waals surface area (Å²) < 4.78 is 0. The fourth-order valence-corrected chi connectivity index (χ4v) is 2.32. The molecule has 1 aromatic heterocycles. The molecular formula is C17H22ClN3. The molecule has 1 N–H and O–H groups in total. The van der Waals surface area contributed by atoms with E-state index in [1.54, 1.807) is 0 Å². The molecule has 0 saturated carbocycles. The molecule has 2 aromatic rings. The van der Waals surface area contributed by atoms with E-state index in [0.29, 0.717) is 0 Å². The van der Waals surface area contributed by atoms with Crippen LogP contribution in [0, 0.1) is 6.92 Å². The monoisotopic (exact) mass is 303 g/mol. The smallest absolute Gasteiger partial charge is 0.0547 e. The van der Waals surface area contributed by atoms with Crippen molar-refractivity contribution in [3.63, 3.8) is 0 Å². The number of nitrogens with zero attached hydrogens (tertiary/aromatic N) is 2. The predicted octanol–water partition coefficient (Wildman–Crippen LogP) is 3.98. The summed E-state index contributed by atoms with van der Waals surface area (Å²) in [6, 6.07) is 14.0. The highest BCUT2D eigenvalue weighted by molar-refractivity contribution is 6.30. The first kappa shape index (κ1) is 15.8. The number of halogens is 1. The molecule has 0 radical (unpaired) electrons. The van der Waals surface area contributed by atoms with Crippen molar-refractivity contribution in [2.24, 2.45) is 0 Å². The Balaban J connectivity index is 1.81. The van der Waals surface area contributed by atoms with Crippen LogP contribution >= 0.6 is 11.6 Å². The molecule has 3 nitrogen and oxygen atoms in total. The number of anilines is 1. The van der Waals surface area contributed by atoms with E-state index in [-0.39, 0.29) is 0 Å². The number of hydrogen-bond donors (Lipinski definition) is 1. The van der Waals surface area contributed by atoms with Crippen LogP contribution in [0.25, 0.3) is 0 Å². The third kappa shape index (κ3) is 5.37. The maximum atomic E-state index is 5.88. The zero-order valence-electron chi connectivity index (χ0n) is 12.6.